The van der Waals surface area contributed by atoms with Gasteiger partial charge in [0.2, 0.25) is 5.91 Å². The van der Waals surface area contributed by atoms with E-state index in [0.717, 1.165) is 31.4 Å². The van der Waals surface area contributed by atoms with Crippen LogP contribution in [0.25, 0.3) is 22.2 Å². The van der Waals surface area contributed by atoms with Crippen LogP contribution in [0.1, 0.15) is 131 Å². The van der Waals surface area contributed by atoms with Crippen LogP contribution >= 0.6 is 15.9 Å². The number of benzene rings is 3. The SMILES string of the molecule is CCCCCCCCCCCCCCCCCC(=O)Nc1cc(S(=O)(=O)O)cc(C(=O)c2cc(-c3ccccc3)nc3c(O)cc(Br)cc23)c1CN. The molecule has 0 radical (unpaired) electrons. The van der Waals surface area contributed by atoms with Gasteiger partial charge in [-0.25, -0.2) is 4.98 Å². The van der Waals surface area contributed by atoms with Crippen molar-refractivity contribution in [1.29, 1.82) is 0 Å². The van der Waals surface area contributed by atoms with Crippen LogP contribution in [0.4, 0.5) is 5.69 Å². The Kier molecular flexibility index (Phi) is 16.3. The Morgan fingerprint density at radius 1 is 0.788 bits per heavy atom. The van der Waals surface area contributed by atoms with Crippen LogP contribution in [0.3, 0.4) is 0 Å². The number of phenols is 1. The van der Waals surface area contributed by atoms with Crippen molar-refractivity contribution in [1.82, 2.24) is 4.98 Å². The van der Waals surface area contributed by atoms with Gasteiger partial charge in [0.05, 0.1) is 10.6 Å². The monoisotopic (exact) mass is 793 g/mol. The van der Waals surface area contributed by atoms with Crippen molar-refractivity contribution < 1.29 is 27.7 Å². The van der Waals surface area contributed by atoms with E-state index in [2.05, 4.69) is 33.2 Å². The van der Waals surface area contributed by atoms with Gasteiger partial charge in [-0.15, -0.1) is 0 Å². The first-order valence-electron chi connectivity index (χ1n) is 18.6. The van der Waals surface area contributed by atoms with Crippen LogP contribution in [0.15, 0.2) is 70.0 Å². The molecule has 0 aliphatic heterocycles. The number of pyridine rings is 1. The van der Waals surface area contributed by atoms with Gasteiger partial charge in [0.15, 0.2) is 5.78 Å². The van der Waals surface area contributed by atoms with Gasteiger partial charge in [0.1, 0.15) is 11.3 Å². The number of nitrogens with two attached hydrogens (primary N) is 1. The third-order valence-electron chi connectivity index (χ3n) is 9.42. The van der Waals surface area contributed by atoms with E-state index < -0.39 is 20.8 Å². The second kappa shape index (κ2) is 20.6. The van der Waals surface area contributed by atoms with E-state index in [1.54, 1.807) is 12.1 Å². The van der Waals surface area contributed by atoms with E-state index in [-0.39, 0.29) is 52.5 Å². The first-order valence-corrected chi connectivity index (χ1v) is 20.8. The molecule has 4 aromatic rings. The maximum atomic E-state index is 14.4. The Bertz CT molecular complexity index is 1920. The zero-order chi connectivity index (χ0) is 37.5. The molecule has 4 rings (SSSR count). The lowest BCUT2D eigenvalue weighted by Crippen LogP contribution is -2.18. The van der Waals surface area contributed by atoms with Gasteiger partial charge in [0, 0.05) is 50.8 Å². The van der Waals surface area contributed by atoms with Crippen LogP contribution in [0.2, 0.25) is 0 Å². The summed E-state index contributed by atoms with van der Waals surface area (Å²) >= 11 is 3.37. The molecule has 280 valence electrons. The molecule has 3 aromatic carbocycles. The summed E-state index contributed by atoms with van der Waals surface area (Å²) in [5.74, 6) is -1.12. The number of hydrogen-bond donors (Lipinski definition) is 4. The molecule has 1 aromatic heterocycles. The Morgan fingerprint density at radius 2 is 1.37 bits per heavy atom. The van der Waals surface area contributed by atoms with E-state index in [1.165, 1.54) is 76.7 Å². The molecule has 0 saturated carbocycles. The zero-order valence-electron chi connectivity index (χ0n) is 30.1. The molecule has 1 amide bonds. The Balaban J connectivity index is 1.44. The third-order valence-corrected chi connectivity index (χ3v) is 10.7. The zero-order valence-corrected chi connectivity index (χ0v) is 32.5. The molecule has 0 fully saturated rings. The predicted octanol–water partition coefficient (Wildman–Crippen LogP) is 10.5. The van der Waals surface area contributed by atoms with Gasteiger partial charge >= 0.3 is 0 Å². The number of nitrogens with one attached hydrogen (secondary N) is 1. The number of fused-ring (bicyclic) bond motifs is 1. The standard InChI is InChI=1S/C41H52BrN3O6S/c1-2-3-4-5-6-7-8-9-10-11-12-13-14-15-19-22-39(47)44-37-26-31(52(49,50)51)25-33(35(37)28-43)41(48)34-27-36(29-20-17-16-18-21-29)45-40-32(34)23-30(42)24-38(40)46/h16-18,20-21,23-27,46H,2-15,19,22,28,43H2,1H3,(H,44,47)(H,49,50,51). The molecule has 11 heteroatoms. The van der Waals surface area contributed by atoms with Crippen LogP contribution in [0, 0.1) is 0 Å². The number of aromatic nitrogens is 1. The molecule has 0 atom stereocenters. The average Bonchev–Trinajstić information content (AvgIpc) is 3.12. The van der Waals surface area contributed by atoms with Gasteiger partial charge in [-0.1, -0.05) is 143 Å². The molecule has 0 spiro atoms. The lowest BCUT2D eigenvalue weighted by molar-refractivity contribution is -0.116. The first kappa shape index (κ1) is 41.1. The number of carbonyl (C=O) groups excluding carboxylic acids is 2. The molecule has 0 saturated heterocycles. The smallest absolute Gasteiger partial charge is 0.294 e. The summed E-state index contributed by atoms with van der Waals surface area (Å²) in [6, 6.07) is 16.0. The molecule has 1 heterocycles. The van der Waals surface area contributed by atoms with Gasteiger partial charge in [-0.05, 0) is 36.8 Å². The van der Waals surface area contributed by atoms with Crippen LogP contribution in [-0.2, 0) is 21.5 Å². The number of phenolic OH excluding ortho intramolecular Hbond substituents is 1. The fourth-order valence-electron chi connectivity index (χ4n) is 6.56. The number of carbonyl (C=O) groups is 2. The third kappa shape index (κ3) is 11.9. The van der Waals surface area contributed by atoms with Crippen molar-refractivity contribution in [3.63, 3.8) is 0 Å². The second-order valence-electron chi connectivity index (χ2n) is 13.5. The fourth-order valence-corrected chi connectivity index (χ4v) is 7.54. The van der Waals surface area contributed by atoms with Crippen molar-refractivity contribution in [3.8, 4) is 17.0 Å². The van der Waals surface area contributed by atoms with Crippen LogP contribution in [-0.4, -0.2) is 34.8 Å². The highest BCUT2D eigenvalue weighted by molar-refractivity contribution is 9.10. The number of amides is 1. The number of aromatic hydroxyl groups is 1. The average molecular weight is 795 g/mol. The molecular weight excluding hydrogens is 742 g/mol. The van der Waals surface area contributed by atoms with Gasteiger partial charge < -0.3 is 16.2 Å². The Morgan fingerprint density at radius 3 is 1.92 bits per heavy atom. The fraction of sp³-hybridized carbons (Fsp3) is 0.439. The van der Waals surface area contributed by atoms with Crippen molar-refractivity contribution in [3.05, 3.63) is 81.8 Å². The first-order chi connectivity index (χ1) is 25.0. The highest BCUT2D eigenvalue weighted by atomic mass is 79.9. The van der Waals surface area contributed by atoms with E-state index >= 15 is 0 Å². The molecule has 52 heavy (non-hydrogen) atoms. The highest BCUT2D eigenvalue weighted by Crippen LogP contribution is 2.36. The summed E-state index contributed by atoms with van der Waals surface area (Å²) in [7, 11) is -4.78. The molecule has 0 aliphatic carbocycles. The Hall–Kier alpha value is -3.64. The minimum absolute atomic E-state index is 0.0395. The normalized spacial score (nSPS) is 11.6. The number of halogens is 1. The summed E-state index contributed by atoms with van der Waals surface area (Å²) in [5, 5.41) is 13.9. The quantitative estimate of drug-likeness (QED) is 0.0347. The largest absolute Gasteiger partial charge is 0.506 e. The second-order valence-corrected chi connectivity index (χ2v) is 15.8. The minimum Gasteiger partial charge on any atom is -0.506 e. The summed E-state index contributed by atoms with van der Waals surface area (Å²) in [5.41, 5.74) is 7.69. The molecule has 5 N–H and O–H groups in total. The van der Waals surface area contributed by atoms with Gasteiger partial charge in [0.25, 0.3) is 10.1 Å². The maximum absolute atomic E-state index is 14.4. The topological polar surface area (TPSA) is 160 Å². The lowest BCUT2D eigenvalue weighted by atomic mass is 9.93. The summed E-state index contributed by atoms with van der Waals surface area (Å²) < 4.78 is 35.3. The van der Waals surface area contributed by atoms with Crippen molar-refractivity contribution >= 4 is 54.3 Å². The van der Waals surface area contributed by atoms with Crippen molar-refractivity contribution in [2.45, 2.75) is 121 Å². The van der Waals surface area contributed by atoms with Crippen LogP contribution in [0.5, 0.6) is 5.75 Å². The molecule has 0 bridgehead atoms. The summed E-state index contributed by atoms with van der Waals surface area (Å²) in [4.78, 5) is 31.6. The number of unbranched alkanes of at least 4 members (excludes halogenated alkanes) is 14. The van der Waals surface area contributed by atoms with Crippen LogP contribution < -0.4 is 11.1 Å². The lowest BCUT2D eigenvalue weighted by Gasteiger charge is -2.17. The predicted molar refractivity (Wildman–Crippen MR) is 212 cm³/mol. The van der Waals surface area contributed by atoms with E-state index in [9.17, 15) is 27.7 Å². The molecule has 9 nitrogen and oxygen atoms in total. The number of rotatable bonds is 22. The number of ketones is 1. The van der Waals surface area contributed by atoms with Gasteiger partial charge in [-0.2, -0.15) is 8.42 Å². The number of nitrogens with zero attached hydrogens (tertiary/aromatic N) is 1. The van der Waals surface area contributed by atoms with Gasteiger partial charge in [-0.3, -0.25) is 14.1 Å². The Labute approximate surface area is 316 Å². The molecule has 0 unspecified atom stereocenters. The van der Waals surface area contributed by atoms with E-state index in [1.807, 2.05) is 30.3 Å². The van der Waals surface area contributed by atoms with E-state index in [0.29, 0.717) is 27.5 Å². The highest BCUT2D eigenvalue weighted by Gasteiger charge is 2.25. The summed E-state index contributed by atoms with van der Waals surface area (Å²) in [6.07, 6.45) is 18.3. The molecular formula is C41H52BrN3O6S. The van der Waals surface area contributed by atoms with E-state index in [4.69, 9.17) is 5.73 Å². The number of hydrogen-bond acceptors (Lipinski definition) is 7. The summed E-state index contributed by atoms with van der Waals surface area (Å²) in [6.45, 7) is 2.04. The van der Waals surface area contributed by atoms with Crippen molar-refractivity contribution in [2.75, 3.05) is 5.32 Å². The number of anilines is 1. The maximum Gasteiger partial charge on any atom is 0.294 e. The minimum atomic E-state index is -4.78. The molecule has 0 aliphatic rings. The van der Waals surface area contributed by atoms with Crippen molar-refractivity contribution in [2.24, 2.45) is 5.73 Å².